The predicted molar refractivity (Wildman–Crippen MR) is 273 cm³/mol. The van der Waals surface area contributed by atoms with Gasteiger partial charge in [-0.2, -0.15) is 0 Å². The monoisotopic (exact) mass is 1020 g/mol. The van der Waals surface area contributed by atoms with Crippen molar-refractivity contribution in [2.45, 2.75) is 154 Å². The average molecular weight is 1020 g/mol. The number of benzene rings is 1. The lowest BCUT2D eigenvalue weighted by molar-refractivity contribution is -0.147. The van der Waals surface area contributed by atoms with E-state index in [-0.39, 0.29) is 79.8 Å². The van der Waals surface area contributed by atoms with Gasteiger partial charge >= 0.3 is 5.97 Å². The smallest absolute Gasteiger partial charge is 0.328 e. The number of imide groups is 2. The first-order chi connectivity index (χ1) is 34.6. The van der Waals surface area contributed by atoms with Crippen molar-refractivity contribution < 1.29 is 57.4 Å². The summed E-state index contributed by atoms with van der Waals surface area (Å²) in [6, 6.07) is 4.07. The molecule has 9 atom stereocenters. The van der Waals surface area contributed by atoms with Gasteiger partial charge in [0, 0.05) is 64.0 Å². The molecule has 8 amide bonds. The first-order valence-corrected chi connectivity index (χ1v) is 25.8. The highest BCUT2D eigenvalue weighted by molar-refractivity contribution is 6.12. The second-order valence-corrected chi connectivity index (χ2v) is 20.4. The number of ether oxygens (including phenoxy) is 3. The van der Waals surface area contributed by atoms with Crippen LogP contribution in [0.1, 0.15) is 111 Å². The highest BCUT2D eigenvalue weighted by atomic mass is 16.5. The number of carbonyl (C=O) groups excluding carboxylic acids is 9. The lowest BCUT2D eigenvalue weighted by Crippen LogP contribution is -2.61. The number of hydrogen-bond donors (Lipinski definition) is 4. The van der Waals surface area contributed by atoms with Crippen molar-refractivity contribution in [1.29, 1.82) is 0 Å². The first-order valence-electron chi connectivity index (χ1n) is 25.8. The highest BCUT2D eigenvalue weighted by Gasteiger charge is 2.46. The number of likely N-dealkylation sites (N-methyl/N-ethyl adjacent to an activating group) is 2. The van der Waals surface area contributed by atoms with Crippen LogP contribution in [-0.4, -0.2) is 176 Å². The van der Waals surface area contributed by atoms with Gasteiger partial charge in [-0.05, 0) is 95.6 Å². The highest BCUT2D eigenvalue weighted by Crippen LogP contribution is 2.32. The van der Waals surface area contributed by atoms with Crippen LogP contribution in [-0.2, 0) is 63.8 Å². The maximum atomic E-state index is 14.4. The molecule has 3 aliphatic heterocycles. The number of methoxy groups -OCH3 is 3. The minimum Gasteiger partial charge on any atom is -0.467 e. The van der Waals surface area contributed by atoms with Gasteiger partial charge in [-0.1, -0.05) is 59.6 Å². The zero-order valence-corrected chi connectivity index (χ0v) is 45.0. The van der Waals surface area contributed by atoms with Crippen molar-refractivity contribution in [2.75, 3.05) is 66.9 Å². The number of anilines is 1. The summed E-state index contributed by atoms with van der Waals surface area (Å²) in [4.78, 5) is 124. The van der Waals surface area contributed by atoms with Crippen LogP contribution in [0.3, 0.4) is 0 Å². The number of nitrogens with zero attached hydrogens (tertiary/aromatic N) is 4. The molecular weight excluding hydrogens is 941 g/mol. The van der Waals surface area contributed by atoms with Crippen LogP contribution in [0.5, 0.6) is 0 Å². The molecule has 0 aromatic heterocycles. The summed E-state index contributed by atoms with van der Waals surface area (Å²) in [6.07, 6.45) is 6.59. The molecule has 0 saturated carbocycles. The Morgan fingerprint density at radius 1 is 0.863 bits per heavy atom. The molecule has 0 spiro atoms. The molecule has 0 unspecified atom stereocenters. The molecule has 73 heavy (non-hydrogen) atoms. The average Bonchev–Trinajstić information content (AvgIpc) is 4.08. The summed E-state index contributed by atoms with van der Waals surface area (Å²) in [5.41, 5.74) is 0.329. The van der Waals surface area contributed by atoms with Crippen LogP contribution in [0.25, 0.3) is 0 Å². The van der Waals surface area contributed by atoms with Gasteiger partial charge in [-0.15, -0.1) is 0 Å². The van der Waals surface area contributed by atoms with E-state index in [0.29, 0.717) is 56.3 Å². The number of likely N-dealkylation sites (tertiary alicyclic amines) is 2. The maximum absolute atomic E-state index is 14.4. The Bertz CT molecular complexity index is 2120. The molecule has 0 radical (unpaired) electrons. The van der Waals surface area contributed by atoms with Gasteiger partial charge in [0.1, 0.15) is 6.04 Å². The normalized spacial score (nSPS) is 20.9. The molecule has 406 valence electrons. The third-order valence-corrected chi connectivity index (χ3v) is 15.1. The number of hydrogen-bond acceptors (Lipinski definition) is 14. The Kier molecular flexibility index (Phi) is 23.2. The molecule has 2 fully saturated rings. The van der Waals surface area contributed by atoms with E-state index in [1.165, 1.54) is 26.4 Å². The summed E-state index contributed by atoms with van der Waals surface area (Å²) < 4.78 is 17.2. The molecule has 4 N–H and O–H groups in total. The van der Waals surface area contributed by atoms with Crippen LogP contribution in [0.4, 0.5) is 5.69 Å². The third-order valence-electron chi connectivity index (χ3n) is 15.1. The molecule has 20 heteroatoms. The number of amides is 8. The zero-order chi connectivity index (χ0) is 54.2. The quantitative estimate of drug-likeness (QED) is 0.0536. The molecule has 3 heterocycles. The van der Waals surface area contributed by atoms with Crippen LogP contribution < -0.4 is 21.3 Å². The fraction of sp³-hybridized carbons (Fsp3) is 0.679. The molecule has 1 aromatic carbocycles. The van der Waals surface area contributed by atoms with Gasteiger partial charge in [-0.3, -0.25) is 58.4 Å². The molecule has 4 rings (SSSR count). The Labute approximate surface area is 431 Å². The van der Waals surface area contributed by atoms with Crippen molar-refractivity contribution in [2.24, 2.45) is 17.8 Å². The summed E-state index contributed by atoms with van der Waals surface area (Å²) in [5.74, 6) is -4.46. The second-order valence-electron chi connectivity index (χ2n) is 20.4. The van der Waals surface area contributed by atoms with Crippen LogP contribution in [0.2, 0.25) is 0 Å². The van der Waals surface area contributed by atoms with Crippen molar-refractivity contribution in [3.05, 3.63) is 42.0 Å². The minimum atomic E-state index is -1.07. The maximum Gasteiger partial charge on any atom is 0.328 e. The Balaban J connectivity index is 1.33. The van der Waals surface area contributed by atoms with Gasteiger partial charge in [0.05, 0.1) is 55.8 Å². The number of carbonyl (C=O) groups is 9. The fourth-order valence-electron chi connectivity index (χ4n) is 10.5. The molecule has 2 saturated heterocycles. The second kappa shape index (κ2) is 28.2. The molecule has 0 bridgehead atoms. The van der Waals surface area contributed by atoms with E-state index in [1.807, 2.05) is 51.6 Å². The van der Waals surface area contributed by atoms with Crippen molar-refractivity contribution in [3.8, 4) is 0 Å². The number of esters is 1. The molecule has 3 aliphatic rings. The summed E-state index contributed by atoms with van der Waals surface area (Å²) in [7, 11) is 8.03. The van der Waals surface area contributed by atoms with Crippen LogP contribution in [0, 0.1) is 17.8 Å². The van der Waals surface area contributed by atoms with Crippen molar-refractivity contribution in [1.82, 2.24) is 35.6 Å². The van der Waals surface area contributed by atoms with E-state index in [9.17, 15) is 43.2 Å². The van der Waals surface area contributed by atoms with Crippen LogP contribution in [0.15, 0.2) is 36.4 Å². The molecular formula is C53H82N8O12. The Hall–Kier alpha value is -5.57. The zero-order valence-electron chi connectivity index (χ0n) is 45.0. The largest absolute Gasteiger partial charge is 0.467 e. The summed E-state index contributed by atoms with van der Waals surface area (Å²) >= 11 is 0. The lowest BCUT2D eigenvalue weighted by Gasteiger charge is -2.43. The SMILES string of the molecule is CC[C@H](C)[C@@H]([C@@H](CC(=O)N1CCC[C@H]1[C@H](OC)[C@@H](C)C(=O)N[C@@H](Cc1ccc(NC(=O)CNC(=O)CCCCCN2C(=O)C=CC2=O)cc1)C(=O)OC)OC)N(C)[C@H](C(=O)NC(=O)[C@@]1(C)CCCN1C)C(C)C. The Morgan fingerprint density at radius 2 is 1.53 bits per heavy atom. The third kappa shape index (κ3) is 16.0. The summed E-state index contributed by atoms with van der Waals surface area (Å²) in [5, 5.41) is 10.9. The van der Waals surface area contributed by atoms with Crippen LogP contribution >= 0.6 is 0 Å². The lowest BCUT2D eigenvalue weighted by atomic mass is 9.87. The van der Waals surface area contributed by atoms with Gasteiger partial charge in [0.2, 0.25) is 35.4 Å². The number of unbranched alkanes of at least 4 members (excludes halogenated alkanes) is 2. The van der Waals surface area contributed by atoms with E-state index < -0.39 is 65.5 Å². The van der Waals surface area contributed by atoms with E-state index in [1.54, 1.807) is 43.2 Å². The molecule has 1 aromatic rings. The van der Waals surface area contributed by atoms with Gasteiger partial charge < -0.3 is 35.1 Å². The van der Waals surface area contributed by atoms with Gasteiger partial charge in [0.15, 0.2) is 0 Å². The molecule has 20 nitrogen and oxygen atoms in total. The van der Waals surface area contributed by atoms with E-state index >= 15 is 0 Å². The topological polar surface area (TPSA) is 242 Å². The van der Waals surface area contributed by atoms with Crippen molar-refractivity contribution >= 4 is 58.9 Å². The van der Waals surface area contributed by atoms with E-state index in [2.05, 4.69) is 28.2 Å². The minimum absolute atomic E-state index is 0.00284. The number of rotatable bonds is 28. The standard InChI is InChI=1S/C53H82N8O12/c1-12-34(4)47(59(8)46(33(2)3)50(68)57-52(70)53(6)26-17-27-58(53)7)40(71-9)31-45(66)60-29-16-18-39(60)48(72-10)35(5)49(67)56-38(51(69)73-11)30-36-20-22-37(23-21-36)55-42(63)32-54-41(62)19-14-13-15-28-61-43(64)24-25-44(61)65/h20-25,33-35,38-40,46-48H,12-19,26-32H2,1-11H3,(H,54,62)(H,55,63)(H,56,67)(H,57,68,70)/t34-,35+,38-,39-,40+,46-,47-,48+,53+/m0/s1. The predicted octanol–water partition coefficient (Wildman–Crippen LogP) is 2.97. The van der Waals surface area contributed by atoms with Gasteiger partial charge in [0.25, 0.3) is 11.8 Å². The van der Waals surface area contributed by atoms with Gasteiger partial charge in [-0.25, -0.2) is 4.79 Å². The van der Waals surface area contributed by atoms with E-state index in [0.717, 1.165) is 24.3 Å². The fourth-order valence-corrected chi connectivity index (χ4v) is 10.5. The summed E-state index contributed by atoms with van der Waals surface area (Å²) in [6.45, 7) is 12.8. The molecule has 0 aliphatic carbocycles. The first kappa shape index (κ1) is 60.0. The number of nitrogens with one attached hydrogen (secondary N) is 4. The Morgan fingerprint density at radius 3 is 2.11 bits per heavy atom. The van der Waals surface area contributed by atoms with E-state index in [4.69, 9.17) is 14.2 Å². The van der Waals surface area contributed by atoms with Crippen molar-refractivity contribution in [3.63, 3.8) is 0 Å².